The van der Waals surface area contributed by atoms with Gasteiger partial charge < -0.3 is 5.11 Å². The molecule has 0 fully saturated rings. The molecule has 0 aliphatic heterocycles. The van der Waals surface area contributed by atoms with Crippen LogP contribution in [0.2, 0.25) is 0 Å². The van der Waals surface area contributed by atoms with Crippen LogP contribution in [-0.4, -0.2) is 11.1 Å². The molecule has 0 aromatic carbocycles. The number of allylic oxidation sites excluding steroid dienone is 3. The van der Waals surface area contributed by atoms with Crippen molar-refractivity contribution in [3.63, 3.8) is 0 Å². The summed E-state index contributed by atoms with van der Waals surface area (Å²) < 4.78 is 0.134. The molecule has 2 atom stereocenters. The maximum absolute atomic E-state index is 10.8. The van der Waals surface area contributed by atoms with Gasteiger partial charge in [0.1, 0.15) is 4.49 Å². The Morgan fingerprint density at radius 2 is 2.31 bits per heavy atom. The number of carboxylic acids is 1. The fourth-order valence-corrected chi connectivity index (χ4v) is 1.44. The maximum atomic E-state index is 10.8. The standard InChI is InChI=1S/C9H10Cl2O2/c10-8(11)5-4-7(9(12)13)6-2-1-3-6/h1-2,5-7H,3-4H2,(H,12,13). The molecule has 0 amide bonds. The van der Waals surface area contributed by atoms with Gasteiger partial charge in [0.25, 0.3) is 0 Å². The van der Waals surface area contributed by atoms with Gasteiger partial charge in [-0.25, -0.2) is 0 Å². The van der Waals surface area contributed by atoms with E-state index in [9.17, 15) is 4.79 Å². The average Bonchev–Trinajstić information content (AvgIpc) is 1.92. The topological polar surface area (TPSA) is 37.3 Å². The number of carboxylic acid groups (broad SMARTS) is 1. The first kappa shape index (κ1) is 10.6. The molecule has 1 aliphatic rings. The molecule has 0 saturated heterocycles. The van der Waals surface area contributed by atoms with E-state index < -0.39 is 11.9 Å². The van der Waals surface area contributed by atoms with Crippen molar-refractivity contribution in [2.45, 2.75) is 12.8 Å². The van der Waals surface area contributed by atoms with Crippen molar-refractivity contribution in [1.29, 1.82) is 0 Å². The van der Waals surface area contributed by atoms with E-state index in [-0.39, 0.29) is 10.4 Å². The van der Waals surface area contributed by atoms with E-state index in [0.717, 1.165) is 6.42 Å². The number of hydrogen-bond donors (Lipinski definition) is 1. The van der Waals surface area contributed by atoms with Crippen LogP contribution in [0.4, 0.5) is 0 Å². The van der Waals surface area contributed by atoms with Gasteiger partial charge in [0, 0.05) is 0 Å². The first-order valence-electron chi connectivity index (χ1n) is 4.02. The summed E-state index contributed by atoms with van der Waals surface area (Å²) in [5, 5.41) is 8.87. The third-order valence-corrected chi connectivity index (χ3v) is 2.46. The van der Waals surface area contributed by atoms with Crippen molar-refractivity contribution in [2.75, 3.05) is 0 Å². The molecule has 1 aliphatic carbocycles. The van der Waals surface area contributed by atoms with E-state index in [1.807, 2.05) is 12.2 Å². The quantitative estimate of drug-likeness (QED) is 0.741. The third kappa shape index (κ3) is 3.05. The largest absolute Gasteiger partial charge is 0.481 e. The van der Waals surface area contributed by atoms with Gasteiger partial charge in [-0.15, -0.1) is 0 Å². The number of carbonyl (C=O) groups is 1. The zero-order valence-electron chi connectivity index (χ0n) is 6.91. The van der Waals surface area contributed by atoms with Crippen molar-refractivity contribution >= 4 is 29.2 Å². The summed E-state index contributed by atoms with van der Waals surface area (Å²) in [6.45, 7) is 0. The highest BCUT2D eigenvalue weighted by molar-refractivity contribution is 6.55. The molecule has 1 N–H and O–H groups in total. The minimum atomic E-state index is -0.791. The smallest absolute Gasteiger partial charge is 0.307 e. The molecule has 0 spiro atoms. The minimum absolute atomic E-state index is 0.134. The van der Waals surface area contributed by atoms with Crippen molar-refractivity contribution < 1.29 is 9.90 Å². The van der Waals surface area contributed by atoms with Crippen LogP contribution in [0.1, 0.15) is 12.8 Å². The second-order valence-corrected chi connectivity index (χ2v) is 4.01. The lowest BCUT2D eigenvalue weighted by Gasteiger charge is -2.23. The first-order chi connectivity index (χ1) is 6.11. The zero-order valence-corrected chi connectivity index (χ0v) is 8.42. The van der Waals surface area contributed by atoms with Gasteiger partial charge in [0.2, 0.25) is 0 Å². The average molecular weight is 221 g/mol. The van der Waals surface area contributed by atoms with Gasteiger partial charge in [-0.3, -0.25) is 4.79 Å². The Bertz CT molecular complexity index is 254. The fourth-order valence-electron chi connectivity index (χ4n) is 1.27. The monoisotopic (exact) mass is 220 g/mol. The lowest BCUT2D eigenvalue weighted by atomic mass is 9.81. The van der Waals surface area contributed by atoms with Crippen LogP contribution in [0.15, 0.2) is 22.7 Å². The maximum Gasteiger partial charge on any atom is 0.307 e. The molecule has 0 radical (unpaired) electrons. The van der Waals surface area contributed by atoms with Crippen LogP contribution >= 0.6 is 23.2 Å². The summed E-state index contributed by atoms with van der Waals surface area (Å²) in [6, 6.07) is 0. The molecule has 13 heavy (non-hydrogen) atoms. The molecular formula is C9H10Cl2O2. The second-order valence-electron chi connectivity index (χ2n) is 3.00. The minimum Gasteiger partial charge on any atom is -0.481 e. The lowest BCUT2D eigenvalue weighted by molar-refractivity contribution is -0.143. The van der Waals surface area contributed by atoms with E-state index in [1.54, 1.807) is 0 Å². The molecule has 0 heterocycles. The lowest BCUT2D eigenvalue weighted by Crippen LogP contribution is -2.24. The van der Waals surface area contributed by atoms with Gasteiger partial charge in [0.15, 0.2) is 0 Å². The molecular weight excluding hydrogens is 211 g/mol. The highest BCUT2D eigenvalue weighted by Gasteiger charge is 2.27. The molecule has 0 aromatic heterocycles. The summed E-state index contributed by atoms with van der Waals surface area (Å²) in [4.78, 5) is 10.8. The SMILES string of the molecule is O=C(O)C(CC=C(Cl)Cl)C1C=CC1. The zero-order chi connectivity index (χ0) is 9.84. The normalized spacial score (nSPS) is 21.8. The second kappa shape index (κ2) is 4.68. The van der Waals surface area contributed by atoms with E-state index in [4.69, 9.17) is 28.3 Å². The summed E-state index contributed by atoms with van der Waals surface area (Å²) in [7, 11) is 0. The van der Waals surface area contributed by atoms with E-state index >= 15 is 0 Å². The van der Waals surface area contributed by atoms with Crippen LogP contribution in [0.5, 0.6) is 0 Å². The van der Waals surface area contributed by atoms with Crippen LogP contribution < -0.4 is 0 Å². The first-order valence-corrected chi connectivity index (χ1v) is 4.77. The van der Waals surface area contributed by atoms with Gasteiger partial charge in [-0.05, 0) is 18.8 Å². The highest BCUT2D eigenvalue weighted by Crippen LogP contribution is 2.29. The van der Waals surface area contributed by atoms with Gasteiger partial charge in [-0.1, -0.05) is 41.4 Å². The number of halogens is 2. The van der Waals surface area contributed by atoms with E-state index in [1.165, 1.54) is 6.08 Å². The fraction of sp³-hybridized carbons (Fsp3) is 0.444. The van der Waals surface area contributed by atoms with Crippen molar-refractivity contribution in [2.24, 2.45) is 11.8 Å². The van der Waals surface area contributed by atoms with Crippen LogP contribution in [0.25, 0.3) is 0 Å². The molecule has 0 aromatic rings. The molecule has 72 valence electrons. The highest BCUT2D eigenvalue weighted by atomic mass is 35.5. The van der Waals surface area contributed by atoms with Crippen molar-refractivity contribution in [3.05, 3.63) is 22.7 Å². The molecule has 2 nitrogen and oxygen atoms in total. The number of hydrogen-bond acceptors (Lipinski definition) is 1. The Morgan fingerprint density at radius 3 is 2.62 bits per heavy atom. The van der Waals surface area contributed by atoms with E-state index in [2.05, 4.69) is 0 Å². The van der Waals surface area contributed by atoms with Gasteiger partial charge in [-0.2, -0.15) is 0 Å². The van der Waals surface area contributed by atoms with Crippen molar-refractivity contribution in [3.8, 4) is 0 Å². The predicted molar refractivity (Wildman–Crippen MR) is 52.8 cm³/mol. The number of aliphatic carboxylic acids is 1. The van der Waals surface area contributed by atoms with Crippen molar-refractivity contribution in [1.82, 2.24) is 0 Å². The summed E-state index contributed by atoms with van der Waals surface area (Å²) in [5.41, 5.74) is 0. The Morgan fingerprint density at radius 1 is 1.69 bits per heavy atom. The molecule has 1 rings (SSSR count). The predicted octanol–water partition coefficient (Wildman–Crippen LogP) is 2.97. The summed E-state index contributed by atoms with van der Waals surface area (Å²) >= 11 is 10.8. The molecule has 4 heteroatoms. The molecule has 0 bridgehead atoms. The Balaban J connectivity index is 2.53. The summed E-state index contributed by atoms with van der Waals surface area (Å²) in [5.74, 6) is -1.04. The molecule has 0 saturated carbocycles. The van der Waals surface area contributed by atoms with E-state index in [0.29, 0.717) is 6.42 Å². The molecule has 2 unspecified atom stereocenters. The Kier molecular flexibility index (Phi) is 3.82. The van der Waals surface area contributed by atoms with Gasteiger partial charge in [0.05, 0.1) is 5.92 Å². The number of rotatable bonds is 4. The van der Waals surface area contributed by atoms with Crippen LogP contribution in [-0.2, 0) is 4.79 Å². The van der Waals surface area contributed by atoms with Crippen LogP contribution in [0, 0.1) is 11.8 Å². The van der Waals surface area contributed by atoms with Crippen LogP contribution in [0.3, 0.4) is 0 Å². The Hall–Kier alpha value is -0.470. The van der Waals surface area contributed by atoms with Gasteiger partial charge >= 0.3 is 5.97 Å². The Labute approximate surface area is 86.8 Å². The third-order valence-electron chi connectivity index (χ3n) is 2.15. The summed E-state index contributed by atoms with van der Waals surface area (Å²) in [6.07, 6.45) is 6.65.